The largest absolute Gasteiger partial charge is 0.497 e. The van der Waals surface area contributed by atoms with Gasteiger partial charge in [-0.1, -0.05) is 19.1 Å². The van der Waals surface area contributed by atoms with Crippen LogP contribution in [0.25, 0.3) is 5.69 Å². The van der Waals surface area contributed by atoms with Gasteiger partial charge in [-0.2, -0.15) is 5.10 Å². The van der Waals surface area contributed by atoms with Crippen LogP contribution in [-0.2, 0) is 13.1 Å². The van der Waals surface area contributed by atoms with Crippen molar-refractivity contribution in [1.29, 1.82) is 0 Å². The summed E-state index contributed by atoms with van der Waals surface area (Å²) >= 11 is 0. The van der Waals surface area contributed by atoms with Crippen LogP contribution in [0.2, 0.25) is 0 Å². The molecule has 0 unspecified atom stereocenters. The maximum Gasteiger partial charge on any atom is 0.137 e. The fourth-order valence-electron chi connectivity index (χ4n) is 4.33. The molecule has 0 bridgehead atoms. The van der Waals surface area contributed by atoms with E-state index in [0.717, 1.165) is 68.8 Å². The summed E-state index contributed by atoms with van der Waals surface area (Å²) < 4.78 is 20.9. The van der Waals surface area contributed by atoms with E-state index in [1.165, 1.54) is 23.3 Å². The van der Waals surface area contributed by atoms with Crippen molar-refractivity contribution in [2.24, 2.45) is 0 Å². The lowest BCUT2D eigenvalue weighted by Crippen LogP contribution is -2.45. The van der Waals surface area contributed by atoms with Crippen LogP contribution in [0.1, 0.15) is 23.7 Å². The Bertz CT molecular complexity index is 1040. The van der Waals surface area contributed by atoms with Crippen LogP contribution < -0.4 is 9.64 Å². The predicted octanol–water partition coefficient (Wildman–Crippen LogP) is 4.10. The third-order valence-electron chi connectivity index (χ3n) is 6.43. The SMILES string of the molecule is CCN(Cc1ccc(OC)cc1)Cc1c(C)nn(-c2ccc(F)cc2)c1N1CCN(C)CC1. The molecule has 0 spiro atoms. The highest BCUT2D eigenvalue weighted by Crippen LogP contribution is 2.30. The van der Waals surface area contributed by atoms with E-state index in [1.54, 1.807) is 19.2 Å². The molecule has 0 atom stereocenters. The molecule has 7 heteroatoms. The first kappa shape index (κ1) is 23.3. The van der Waals surface area contributed by atoms with Crippen molar-refractivity contribution in [2.75, 3.05) is 51.8 Å². The molecule has 1 aromatic heterocycles. The van der Waals surface area contributed by atoms with E-state index >= 15 is 0 Å². The molecular formula is C26H34FN5O. The van der Waals surface area contributed by atoms with E-state index in [0.29, 0.717) is 0 Å². The summed E-state index contributed by atoms with van der Waals surface area (Å²) in [4.78, 5) is 7.21. The Morgan fingerprint density at radius 3 is 2.24 bits per heavy atom. The van der Waals surface area contributed by atoms with Crippen molar-refractivity contribution >= 4 is 5.82 Å². The number of aromatic nitrogens is 2. The molecule has 6 nitrogen and oxygen atoms in total. The Kier molecular flexibility index (Phi) is 7.30. The average Bonchev–Trinajstić information content (AvgIpc) is 3.15. The highest BCUT2D eigenvalue weighted by Gasteiger charge is 2.25. The third kappa shape index (κ3) is 5.37. The van der Waals surface area contributed by atoms with Crippen LogP contribution in [0.15, 0.2) is 48.5 Å². The van der Waals surface area contributed by atoms with Crippen LogP contribution in [-0.4, -0.2) is 66.5 Å². The van der Waals surface area contributed by atoms with Gasteiger partial charge in [0.1, 0.15) is 17.4 Å². The van der Waals surface area contributed by atoms with E-state index in [1.807, 2.05) is 16.8 Å². The van der Waals surface area contributed by atoms with Gasteiger partial charge in [-0.25, -0.2) is 9.07 Å². The maximum atomic E-state index is 13.6. The van der Waals surface area contributed by atoms with Crippen LogP contribution in [0.3, 0.4) is 0 Å². The molecule has 33 heavy (non-hydrogen) atoms. The number of methoxy groups -OCH3 is 1. The summed E-state index contributed by atoms with van der Waals surface area (Å²) in [6.45, 7) is 10.8. The van der Waals surface area contributed by atoms with Gasteiger partial charge in [-0.3, -0.25) is 4.90 Å². The number of hydrogen-bond acceptors (Lipinski definition) is 5. The number of piperazine rings is 1. The number of benzene rings is 2. The number of nitrogens with zero attached hydrogens (tertiary/aromatic N) is 5. The molecule has 2 heterocycles. The third-order valence-corrected chi connectivity index (χ3v) is 6.43. The smallest absolute Gasteiger partial charge is 0.137 e. The lowest BCUT2D eigenvalue weighted by molar-refractivity contribution is 0.270. The Morgan fingerprint density at radius 2 is 1.64 bits per heavy atom. The van der Waals surface area contributed by atoms with Crippen LogP contribution >= 0.6 is 0 Å². The molecule has 0 aliphatic carbocycles. The van der Waals surface area contributed by atoms with Gasteiger partial charge in [0.15, 0.2) is 0 Å². The number of halogens is 1. The Hall–Kier alpha value is -2.90. The van der Waals surface area contributed by atoms with Crippen LogP contribution in [0.4, 0.5) is 10.2 Å². The molecule has 0 N–H and O–H groups in total. The Balaban J connectivity index is 1.66. The second kappa shape index (κ2) is 10.4. The first-order valence-electron chi connectivity index (χ1n) is 11.6. The van der Waals surface area contributed by atoms with Gasteiger partial charge < -0.3 is 14.5 Å². The molecule has 2 aromatic carbocycles. The molecule has 1 aliphatic rings. The Morgan fingerprint density at radius 1 is 0.970 bits per heavy atom. The molecule has 1 fully saturated rings. The van der Waals surface area contributed by atoms with Gasteiger partial charge in [0.2, 0.25) is 0 Å². The molecule has 4 rings (SSSR count). The van der Waals surface area contributed by atoms with E-state index in [4.69, 9.17) is 9.84 Å². The van der Waals surface area contributed by atoms with Gasteiger partial charge in [0.25, 0.3) is 0 Å². The lowest BCUT2D eigenvalue weighted by atomic mass is 10.1. The summed E-state index contributed by atoms with van der Waals surface area (Å²) in [5.74, 6) is 1.76. The molecule has 0 amide bonds. The standard InChI is InChI=1S/C26H34FN5O/c1-5-30(18-21-6-12-24(33-4)13-7-21)19-25-20(2)28-32(23-10-8-22(27)9-11-23)26(25)31-16-14-29(3)15-17-31/h6-13H,5,14-19H2,1-4H3. The van der Waals surface area contributed by atoms with Crippen molar-refractivity contribution < 1.29 is 9.13 Å². The first-order valence-corrected chi connectivity index (χ1v) is 11.6. The first-order chi connectivity index (χ1) is 16.0. The van der Waals surface area contributed by atoms with E-state index < -0.39 is 0 Å². The van der Waals surface area contributed by atoms with Gasteiger partial charge in [0, 0.05) is 44.8 Å². The maximum absolute atomic E-state index is 13.6. The van der Waals surface area contributed by atoms with Crippen LogP contribution in [0, 0.1) is 12.7 Å². The second-order valence-corrected chi connectivity index (χ2v) is 8.72. The molecule has 176 valence electrons. The van der Waals surface area contributed by atoms with Crippen molar-refractivity contribution in [3.05, 3.63) is 71.2 Å². The molecule has 0 radical (unpaired) electrons. The predicted molar refractivity (Wildman–Crippen MR) is 131 cm³/mol. The monoisotopic (exact) mass is 451 g/mol. The number of anilines is 1. The van der Waals surface area contributed by atoms with Crippen LogP contribution in [0.5, 0.6) is 5.75 Å². The molecule has 0 saturated carbocycles. The quantitative estimate of drug-likeness (QED) is 0.515. The van der Waals surface area contributed by atoms with Gasteiger partial charge >= 0.3 is 0 Å². The van der Waals surface area contributed by atoms with Crippen molar-refractivity contribution in [2.45, 2.75) is 26.9 Å². The minimum atomic E-state index is -0.236. The summed E-state index contributed by atoms with van der Waals surface area (Å²) in [7, 11) is 3.85. The van der Waals surface area contributed by atoms with Crippen molar-refractivity contribution in [3.63, 3.8) is 0 Å². The molecule has 1 saturated heterocycles. The molecule has 3 aromatic rings. The summed E-state index contributed by atoms with van der Waals surface area (Å²) in [6, 6.07) is 14.9. The number of hydrogen-bond donors (Lipinski definition) is 0. The summed E-state index contributed by atoms with van der Waals surface area (Å²) in [5.41, 5.74) is 4.39. The zero-order valence-electron chi connectivity index (χ0n) is 20.1. The van der Waals surface area contributed by atoms with E-state index in [-0.39, 0.29) is 5.82 Å². The van der Waals surface area contributed by atoms with Crippen molar-refractivity contribution in [3.8, 4) is 11.4 Å². The summed E-state index contributed by atoms with van der Waals surface area (Å²) in [6.07, 6.45) is 0. The van der Waals surface area contributed by atoms with Gasteiger partial charge in [-0.15, -0.1) is 0 Å². The fraction of sp³-hybridized carbons (Fsp3) is 0.423. The average molecular weight is 452 g/mol. The Labute approximate surface area is 196 Å². The fourth-order valence-corrected chi connectivity index (χ4v) is 4.33. The van der Waals surface area contributed by atoms with E-state index in [9.17, 15) is 4.39 Å². The van der Waals surface area contributed by atoms with Crippen molar-refractivity contribution in [1.82, 2.24) is 19.6 Å². The number of ether oxygens (including phenoxy) is 1. The molecular weight excluding hydrogens is 417 g/mol. The lowest BCUT2D eigenvalue weighted by Gasteiger charge is -2.35. The second-order valence-electron chi connectivity index (χ2n) is 8.72. The minimum absolute atomic E-state index is 0.236. The number of rotatable bonds is 8. The number of aryl methyl sites for hydroxylation is 1. The zero-order valence-corrected chi connectivity index (χ0v) is 20.1. The highest BCUT2D eigenvalue weighted by molar-refractivity contribution is 5.56. The normalized spacial score (nSPS) is 14.8. The van der Waals surface area contributed by atoms with E-state index in [2.05, 4.69) is 47.7 Å². The molecule has 1 aliphatic heterocycles. The van der Waals surface area contributed by atoms with Gasteiger partial charge in [-0.05, 0) is 62.5 Å². The summed E-state index contributed by atoms with van der Waals surface area (Å²) in [5, 5.41) is 4.92. The topological polar surface area (TPSA) is 36.8 Å². The minimum Gasteiger partial charge on any atom is -0.497 e. The zero-order chi connectivity index (χ0) is 23.4. The van der Waals surface area contributed by atoms with Gasteiger partial charge in [0.05, 0.1) is 18.5 Å². The highest BCUT2D eigenvalue weighted by atomic mass is 19.1. The number of likely N-dealkylation sites (N-methyl/N-ethyl adjacent to an activating group) is 1.